The molecule has 0 bridgehead atoms. The topological polar surface area (TPSA) is 38.9 Å². The Kier molecular flexibility index (Phi) is 2.96. The monoisotopic (exact) mass is 258 g/mol. The molecule has 3 heteroatoms. The average Bonchev–Trinajstić information content (AvgIpc) is 2.96. The van der Waals surface area contributed by atoms with Crippen molar-refractivity contribution in [3.63, 3.8) is 0 Å². The summed E-state index contributed by atoms with van der Waals surface area (Å²) < 4.78 is 0. The van der Waals surface area contributed by atoms with Gasteiger partial charge in [-0.1, -0.05) is 24.3 Å². The third-order valence-electron chi connectivity index (χ3n) is 4.01. The number of hydrogen-bond donors (Lipinski definition) is 1. The zero-order valence-electron chi connectivity index (χ0n) is 10.6. The van der Waals surface area contributed by atoms with E-state index < -0.39 is 0 Å². The number of nitrogens with two attached hydrogens (primary N) is 1. The number of rotatable bonds is 3. The summed E-state index contributed by atoms with van der Waals surface area (Å²) in [5, 5.41) is 3.34. The third kappa shape index (κ3) is 1.88. The lowest BCUT2D eigenvalue weighted by Crippen LogP contribution is -2.35. The molecule has 0 saturated carbocycles. The quantitative estimate of drug-likeness (QED) is 0.919. The highest BCUT2D eigenvalue weighted by atomic mass is 32.1. The van der Waals surface area contributed by atoms with E-state index in [2.05, 4.69) is 41.6 Å². The molecule has 0 radical (unpaired) electrons. The molecule has 3 rings (SSSR count). The van der Waals surface area contributed by atoms with E-state index in [0.29, 0.717) is 6.54 Å². The van der Waals surface area contributed by atoms with Crippen LogP contribution in [0.5, 0.6) is 0 Å². The Bertz CT molecular complexity index is 561. The molecule has 1 atom stereocenters. The van der Waals surface area contributed by atoms with Gasteiger partial charge in [-0.15, -0.1) is 11.3 Å². The molecule has 1 aromatic heterocycles. The van der Waals surface area contributed by atoms with Crippen molar-refractivity contribution in [3.8, 4) is 0 Å². The molecular weight excluding hydrogens is 240 g/mol. The molecule has 2 N–H and O–H groups in total. The lowest BCUT2D eigenvalue weighted by Gasteiger charge is -2.28. The number of nitrogens with zero attached hydrogens (tertiary/aromatic N) is 1. The van der Waals surface area contributed by atoms with Crippen molar-refractivity contribution >= 4 is 11.3 Å². The predicted octanol–water partition coefficient (Wildman–Crippen LogP) is 2.84. The van der Waals surface area contributed by atoms with Gasteiger partial charge in [-0.25, -0.2) is 4.98 Å². The summed E-state index contributed by atoms with van der Waals surface area (Å²) in [6.07, 6.45) is 3.29. The van der Waals surface area contributed by atoms with Crippen LogP contribution < -0.4 is 5.73 Å². The van der Waals surface area contributed by atoms with Gasteiger partial charge in [0.1, 0.15) is 0 Å². The van der Waals surface area contributed by atoms with Crippen molar-refractivity contribution < 1.29 is 0 Å². The molecule has 2 aromatic rings. The molecule has 0 amide bonds. The SMILES string of the molecule is Cc1csc(CC2(CN)CCc3ccccc32)n1. The molecule has 1 heterocycles. The second kappa shape index (κ2) is 4.48. The number of fused-ring (bicyclic) bond motifs is 1. The average molecular weight is 258 g/mol. The molecule has 94 valence electrons. The Balaban J connectivity index is 1.97. The molecule has 1 aliphatic rings. The van der Waals surface area contributed by atoms with Gasteiger partial charge >= 0.3 is 0 Å². The second-order valence-corrected chi connectivity index (χ2v) is 6.14. The Hall–Kier alpha value is -1.19. The van der Waals surface area contributed by atoms with Crippen LogP contribution in [0.15, 0.2) is 29.6 Å². The Morgan fingerprint density at radius 3 is 2.94 bits per heavy atom. The van der Waals surface area contributed by atoms with E-state index >= 15 is 0 Å². The minimum absolute atomic E-state index is 0.112. The van der Waals surface area contributed by atoms with E-state index in [0.717, 1.165) is 25.0 Å². The minimum Gasteiger partial charge on any atom is -0.330 e. The Morgan fingerprint density at radius 2 is 2.22 bits per heavy atom. The highest BCUT2D eigenvalue weighted by molar-refractivity contribution is 7.09. The van der Waals surface area contributed by atoms with Gasteiger partial charge in [-0.2, -0.15) is 0 Å². The molecule has 2 nitrogen and oxygen atoms in total. The summed E-state index contributed by atoms with van der Waals surface area (Å²) in [5.74, 6) is 0. The van der Waals surface area contributed by atoms with E-state index in [9.17, 15) is 0 Å². The molecule has 18 heavy (non-hydrogen) atoms. The highest BCUT2D eigenvalue weighted by Crippen LogP contribution is 2.41. The molecule has 0 spiro atoms. The number of thiazole rings is 1. The summed E-state index contributed by atoms with van der Waals surface area (Å²) in [7, 11) is 0. The predicted molar refractivity (Wildman–Crippen MR) is 76.1 cm³/mol. The van der Waals surface area contributed by atoms with Crippen LogP contribution in [-0.4, -0.2) is 11.5 Å². The molecule has 1 aromatic carbocycles. The van der Waals surface area contributed by atoms with Crippen LogP contribution in [0.2, 0.25) is 0 Å². The minimum atomic E-state index is 0.112. The first kappa shape index (κ1) is 11.9. The zero-order valence-corrected chi connectivity index (χ0v) is 11.5. The summed E-state index contributed by atoms with van der Waals surface area (Å²) >= 11 is 1.76. The van der Waals surface area contributed by atoms with Crippen molar-refractivity contribution in [2.24, 2.45) is 5.73 Å². The Labute approximate surface area is 112 Å². The van der Waals surface area contributed by atoms with Crippen LogP contribution in [0.25, 0.3) is 0 Å². The fraction of sp³-hybridized carbons (Fsp3) is 0.400. The largest absolute Gasteiger partial charge is 0.330 e. The number of hydrogen-bond acceptors (Lipinski definition) is 3. The number of benzene rings is 1. The van der Waals surface area contributed by atoms with E-state index in [1.165, 1.54) is 16.1 Å². The number of aryl methyl sites for hydroxylation is 2. The van der Waals surface area contributed by atoms with Crippen molar-refractivity contribution in [1.29, 1.82) is 0 Å². The fourth-order valence-corrected chi connectivity index (χ4v) is 3.92. The molecule has 1 aliphatic carbocycles. The maximum atomic E-state index is 6.12. The summed E-state index contributed by atoms with van der Waals surface area (Å²) in [4.78, 5) is 4.60. The maximum Gasteiger partial charge on any atom is 0.0937 e. The fourth-order valence-electron chi connectivity index (χ4n) is 3.01. The van der Waals surface area contributed by atoms with E-state index in [1.807, 2.05) is 0 Å². The molecule has 0 saturated heterocycles. The second-order valence-electron chi connectivity index (χ2n) is 5.20. The van der Waals surface area contributed by atoms with Gasteiger partial charge in [-0.3, -0.25) is 0 Å². The smallest absolute Gasteiger partial charge is 0.0937 e. The maximum absolute atomic E-state index is 6.12. The lowest BCUT2D eigenvalue weighted by atomic mass is 9.79. The van der Waals surface area contributed by atoms with Crippen LogP contribution >= 0.6 is 11.3 Å². The van der Waals surface area contributed by atoms with Crippen LogP contribution in [0.1, 0.15) is 28.2 Å². The summed E-state index contributed by atoms with van der Waals surface area (Å²) in [6.45, 7) is 2.76. The van der Waals surface area contributed by atoms with Gasteiger partial charge in [0.2, 0.25) is 0 Å². The van der Waals surface area contributed by atoms with Gasteiger partial charge in [-0.05, 0) is 30.9 Å². The van der Waals surface area contributed by atoms with E-state index in [-0.39, 0.29) is 5.41 Å². The Morgan fingerprint density at radius 1 is 1.39 bits per heavy atom. The van der Waals surface area contributed by atoms with Crippen LogP contribution in [-0.2, 0) is 18.3 Å². The lowest BCUT2D eigenvalue weighted by molar-refractivity contribution is 0.431. The van der Waals surface area contributed by atoms with Crippen molar-refractivity contribution in [3.05, 3.63) is 51.5 Å². The van der Waals surface area contributed by atoms with Gasteiger partial charge in [0.15, 0.2) is 0 Å². The first-order valence-electron chi connectivity index (χ1n) is 6.43. The standard InChI is InChI=1S/C15H18N2S/c1-11-9-18-14(17-11)8-15(10-16)7-6-12-4-2-3-5-13(12)15/h2-5,9H,6-8,10,16H2,1H3. The summed E-state index contributed by atoms with van der Waals surface area (Å²) in [6, 6.07) is 8.73. The van der Waals surface area contributed by atoms with Crippen LogP contribution in [0.3, 0.4) is 0 Å². The van der Waals surface area contributed by atoms with E-state index in [1.54, 1.807) is 11.3 Å². The van der Waals surface area contributed by atoms with Gasteiger partial charge < -0.3 is 5.73 Å². The number of aromatic nitrogens is 1. The first-order chi connectivity index (χ1) is 8.73. The molecule has 0 fully saturated rings. The molecular formula is C15H18N2S. The highest BCUT2D eigenvalue weighted by Gasteiger charge is 2.38. The molecule has 0 aliphatic heterocycles. The van der Waals surface area contributed by atoms with Crippen molar-refractivity contribution in [2.75, 3.05) is 6.54 Å². The van der Waals surface area contributed by atoms with Gasteiger partial charge in [0, 0.05) is 29.5 Å². The van der Waals surface area contributed by atoms with Crippen LogP contribution in [0.4, 0.5) is 0 Å². The van der Waals surface area contributed by atoms with Gasteiger partial charge in [0.05, 0.1) is 5.01 Å². The zero-order chi connectivity index (χ0) is 12.6. The molecule has 1 unspecified atom stereocenters. The summed E-state index contributed by atoms with van der Waals surface area (Å²) in [5.41, 5.74) is 10.3. The normalized spacial score (nSPS) is 22.1. The van der Waals surface area contributed by atoms with E-state index in [4.69, 9.17) is 5.73 Å². The van der Waals surface area contributed by atoms with Crippen molar-refractivity contribution in [2.45, 2.75) is 31.6 Å². The first-order valence-corrected chi connectivity index (χ1v) is 7.31. The van der Waals surface area contributed by atoms with Gasteiger partial charge in [0.25, 0.3) is 0 Å². The third-order valence-corrected chi connectivity index (χ3v) is 4.98. The van der Waals surface area contributed by atoms with Crippen LogP contribution in [0, 0.1) is 6.92 Å². The van der Waals surface area contributed by atoms with Crippen molar-refractivity contribution in [1.82, 2.24) is 4.98 Å².